The third-order valence-corrected chi connectivity index (χ3v) is 4.58. The summed E-state index contributed by atoms with van der Waals surface area (Å²) in [5, 5.41) is 5.51. The maximum absolute atomic E-state index is 12.3. The van der Waals surface area contributed by atoms with Gasteiger partial charge >= 0.3 is 6.03 Å². The second-order valence-electron chi connectivity index (χ2n) is 6.49. The Hall–Kier alpha value is -3.26. The summed E-state index contributed by atoms with van der Waals surface area (Å²) in [4.78, 5) is 26.5. The molecule has 1 saturated heterocycles. The van der Waals surface area contributed by atoms with Crippen LogP contribution in [0.1, 0.15) is 5.56 Å². The standard InChI is InChI=1S/C21H25N3O5/c1-27-18-5-3-4-17(20(18)28-2)23-21(26)22-16-8-6-15(7-9-16)14-19(25)24-10-12-29-13-11-24/h3-9H,10-14H2,1-2H3,(H2,22,23,26). The van der Waals surface area contributed by atoms with Crippen LogP contribution in [0.4, 0.5) is 16.2 Å². The van der Waals surface area contributed by atoms with Crippen molar-refractivity contribution in [2.75, 3.05) is 51.2 Å². The van der Waals surface area contributed by atoms with Crippen molar-refractivity contribution in [3.05, 3.63) is 48.0 Å². The van der Waals surface area contributed by atoms with Crippen LogP contribution in [-0.4, -0.2) is 57.4 Å². The predicted octanol–water partition coefficient (Wildman–Crippen LogP) is 2.75. The molecule has 0 bridgehead atoms. The quantitative estimate of drug-likeness (QED) is 0.780. The molecule has 0 spiro atoms. The van der Waals surface area contributed by atoms with E-state index in [1.165, 1.54) is 14.2 Å². The van der Waals surface area contributed by atoms with E-state index in [-0.39, 0.29) is 5.91 Å². The molecule has 1 aliphatic rings. The number of ether oxygens (including phenoxy) is 3. The number of methoxy groups -OCH3 is 2. The van der Waals surface area contributed by atoms with Gasteiger partial charge in [-0.15, -0.1) is 0 Å². The van der Waals surface area contributed by atoms with E-state index in [2.05, 4.69) is 10.6 Å². The first-order chi connectivity index (χ1) is 14.1. The van der Waals surface area contributed by atoms with Crippen molar-refractivity contribution in [3.63, 3.8) is 0 Å². The van der Waals surface area contributed by atoms with Crippen LogP contribution in [0.25, 0.3) is 0 Å². The fourth-order valence-electron chi connectivity index (χ4n) is 3.08. The summed E-state index contributed by atoms with van der Waals surface area (Å²) in [7, 11) is 3.05. The van der Waals surface area contributed by atoms with Gasteiger partial charge in [-0.1, -0.05) is 18.2 Å². The average Bonchev–Trinajstić information content (AvgIpc) is 2.75. The van der Waals surface area contributed by atoms with Crippen molar-refractivity contribution < 1.29 is 23.8 Å². The van der Waals surface area contributed by atoms with Crippen LogP contribution in [-0.2, 0) is 16.0 Å². The summed E-state index contributed by atoms with van der Waals surface area (Å²) in [5.74, 6) is 1.05. The summed E-state index contributed by atoms with van der Waals surface area (Å²) < 4.78 is 15.8. The van der Waals surface area contributed by atoms with Crippen molar-refractivity contribution in [3.8, 4) is 11.5 Å². The van der Waals surface area contributed by atoms with Gasteiger partial charge in [0, 0.05) is 18.8 Å². The molecule has 3 amide bonds. The minimum absolute atomic E-state index is 0.0804. The molecule has 3 rings (SSSR count). The molecule has 8 heteroatoms. The minimum Gasteiger partial charge on any atom is -0.493 e. The van der Waals surface area contributed by atoms with Crippen LogP contribution >= 0.6 is 0 Å². The Labute approximate surface area is 169 Å². The number of benzene rings is 2. The van der Waals surface area contributed by atoms with Crippen molar-refractivity contribution in [2.45, 2.75) is 6.42 Å². The lowest BCUT2D eigenvalue weighted by Gasteiger charge is -2.26. The van der Waals surface area contributed by atoms with Gasteiger partial charge in [-0.2, -0.15) is 0 Å². The zero-order valence-corrected chi connectivity index (χ0v) is 16.6. The molecule has 2 N–H and O–H groups in total. The summed E-state index contributed by atoms with van der Waals surface area (Å²) in [5.41, 5.74) is 2.01. The number of amides is 3. The number of morpholine rings is 1. The van der Waals surface area contributed by atoms with Gasteiger partial charge in [0.25, 0.3) is 0 Å². The number of hydrogen-bond donors (Lipinski definition) is 2. The highest BCUT2D eigenvalue weighted by Crippen LogP contribution is 2.34. The molecule has 0 aliphatic carbocycles. The lowest BCUT2D eigenvalue weighted by Crippen LogP contribution is -2.41. The van der Waals surface area contributed by atoms with Gasteiger partial charge in [0.05, 0.1) is 39.5 Å². The highest BCUT2D eigenvalue weighted by molar-refractivity contribution is 6.01. The normalized spacial score (nSPS) is 13.5. The number of carbonyl (C=O) groups excluding carboxylic acids is 2. The lowest BCUT2D eigenvalue weighted by atomic mass is 10.1. The number of nitrogens with zero attached hydrogens (tertiary/aromatic N) is 1. The van der Waals surface area contributed by atoms with E-state index in [1.54, 1.807) is 30.3 Å². The summed E-state index contributed by atoms with van der Waals surface area (Å²) in [6, 6.07) is 12.0. The van der Waals surface area contributed by atoms with Gasteiger partial charge in [-0.25, -0.2) is 4.79 Å². The van der Waals surface area contributed by atoms with E-state index in [9.17, 15) is 9.59 Å². The monoisotopic (exact) mass is 399 g/mol. The number of urea groups is 1. The van der Waals surface area contributed by atoms with Crippen LogP contribution in [0.3, 0.4) is 0 Å². The SMILES string of the molecule is COc1cccc(NC(=O)Nc2ccc(CC(=O)N3CCOCC3)cc2)c1OC. The third-order valence-electron chi connectivity index (χ3n) is 4.58. The topological polar surface area (TPSA) is 89.1 Å². The molecule has 1 fully saturated rings. The average molecular weight is 399 g/mol. The molecular weight excluding hydrogens is 374 g/mol. The van der Waals surface area contributed by atoms with Crippen LogP contribution in [0.2, 0.25) is 0 Å². The van der Waals surface area contributed by atoms with E-state index >= 15 is 0 Å². The summed E-state index contributed by atoms with van der Waals surface area (Å²) >= 11 is 0. The van der Waals surface area contributed by atoms with Gasteiger partial charge in [0.15, 0.2) is 11.5 Å². The Balaban J connectivity index is 1.57. The molecule has 0 saturated carbocycles. The van der Waals surface area contributed by atoms with Gasteiger partial charge < -0.3 is 29.7 Å². The highest BCUT2D eigenvalue weighted by Gasteiger charge is 2.17. The highest BCUT2D eigenvalue weighted by atomic mass is 16.5. The number of carbonyl (C=O) groups is 2. The first-order valence-electron chi connectivity index (χ1n) is 9.34. The predicted molar refractivity (Wildman–Crippen MR) is 110 cm³/mol. The summed E-state index contributed by atoms with van der Waals surface area (Å²) in [6.07, 6.45) is 0.327. The van der Waals surface area contributed by atoms with E-state index in [4.69, 9.17) is 14.2 Å². The summed E-state index contributed by atoms with van der Waals surface area (Å²) in [6.45, 7) is 2.43. The second-order valence-corrected chi connectivity index (χ2v) is 6.49. The van der Waals surface area contributed by atoms with Crippen molar-refractivity contribution >= 4 is 23.3 Å². The molecule has 29 heavy (non-hydrogen) atoms. The van der Waals surface area contributed by atoms with Gasteiger partial charge in [-0.05, 0) is 29.8 Å². The van der Waals surface area contributed by atoms with E-state index in [0.29, 0.717) is 55.6 Å². The fraction of sp³-hybridized carbons (Fsp3) is 0.333. The van der Waals surface area contributed by atoms with Crippen LogP contribution in [0.5, 0.6) is 11.5 Å². The molecule has 0 unspecified atom stereocenters. The Morgan fingerprint density at radius 1 is 1.00 bits per heavy atom. The molecule has 154 valence electrons. The molecule has 1 heterocycles. The third kappa shape index (κ3) is 5.39. The van der Waals surface area contributed by atoms with Gasteiger partial charge in [-0.3, -0.25) is 4.79 Å². The van der Waals surface area contributed by atoms with Crippen molar-refractivity contribution in [1.29, 1.82) is 0 Å². The number of para-hydroxylation sites is 1. The van der Waals surface area contributed by atoms with Crippen molar-refractivity contribution in [1.82, 2.24) is 4.90 Å². The second kappa shape index (κ2) is 9.79. The molecule has 2 aromatic rings. The zero-order chi connectivity index (χ0) is 20.6. The maximum atomic E-state index is 12.3. The zero-order valence-electron chi connectivity index (χ0n) is 16.6. The number of nitrogens with one attached hydrogen (secondary N) is 2. The first-order valence-corrected chi connectivity index (χ1v) is 9.34. The maximum Gasteiger partial charge on any atom is 0.323 e. The van der Waals surface area contributed by atoms with Crippen molar-refractivity contribution in [2.24, 2.45) is 0 Å². The number of anilines is 2. The molecule has 0 atom stereocenters. The number of hydrogen-bond acceptors (Lipinski definition) is 5. The van der Waals surface area contributed by atoms with E-state index in [1.807, 2.05) is 17.0 Å². The molecule has 8 nitrogen and oxygen atoms in total. The molecule has 0 aromatic heterocycles. The van der Waals surface area contributed by atoms with Gasteiger partial charge in [0.1, 0.15) is 0 Å². The van der Waals surface area contributed by atoms with E-state index in [0.717, 1.165) is 5.56 Å². The largest absolute Gasteiger partial charge is 0.493 e. The Morgan fingerprint density at radius 3 is 2.38 bits per heavy atom. The van der Waals surface area contributed by atoms with Crippen LogP contribution in [0, 0.1) is 0 Å². The lowest BCUT2D eigenvalue weighted by molar-refractivity contribution is -0.134. The minimum atomic E-state index is -0.409. The molecule has 2 aromatic carbocycles. The molecule has 1 aliphatic heterocycles. The first kappa shape index (κ1) is 20.5. The Kier molecular flexibility index (Phi) is 6.91. The molecular formula is C21H25N3O5. The van der Waals surface area contributed by atoms with E-state index < -0.39 is 6.03 Å². The fourth-order valence-corrected chi connectivity index (χ4v) is 3.08. The van der Waals surface area contributed by atoms with Crippen LogP contribution < -0.4 is 20.1 Å². The smallest absolute Gasteiger partial charge is 0.323 e. The Bertz CT molecular complexity index is 848. The number of rotatable bonds is 6. The Morgan fingerprint density at radius 2 is 1.72 bits per heavy atom. The van der Waals surface area contributed by atoms with Crippen LogP contribution in [0.15, 0.2) is 42.5 Å². The van der Waals surface area contributed by atoms with Gasteiger partial charge in [0.2, 0.25) is 5.91 Å². The molecule has 0 radical (unpaired) electrons.